The molecule has 0 bridgehead atoms. The summed E-state index contributed by atoms with van der Waals surface area (Å²) in [7, 11) is -3.83. The third kappa shape index (κ3) is 5.73. The lowest BCUT2D eigenvalue weighted by molar-refractivity contribution is -0.137. The van der Waals surface area contributed by atoms with Crippen molar-refractivity contribution in [2.24, 2.45) is 0 Å². The van der Waals surface area contributed by atoms with Crippen LogP contribution in [-0.4, -0.2) is 49.7 Å². The summed E-state index contributed by atoms with van der Waals surface area (Å²) in [4.78, 5) is 14.1. The minimum Gasteiger partial charge on any atom is -0.340 e. The van der Waals surface area contributed by atoms with E-state index in [1.54, 1.807) is 0 Å². The van der Waals surface area contributed by atoms with Crippen LogP contribution < -0.4 is 0 Å². The first-order chi connectivity index (χ1) is 14.4. The molecule has 168 valence electrons. The fourth-order valence-corrected chi connectivity index (χ4v) is 5.81. The number of hydrogen-bond acceptors (Lipinski definition) is 3. The van der Waals surface area contributed by atoms with E-state index in [1.165, 1.54) is 33.5 Å². The first kappa shape index (κ1) is 24.3. The number of amides is 1. The zero-order valence-corrected chi connectivity index (χ0v) is 19.7. The molecule has 2 aromatic rings. The van der Waals surface area contributed by atoms with Crippen molar-refractivity contribution in [3.8, 4) is 0 Å². The highest BCUT2D eigenvalue weighted by Gasteiger charge is 2.32. The molecule has 0 atom stereocenters. The van der Waals surface area contributed by atoms with Crippen molar-refractivity contribution in [2.75, 3.05) is 26.2 Å². The monoisotopic (exact) mass is 558 g/mol. The highest BCUT2D eigenvalue weighted by atomic mass is 79.9. The summed E-state index contributed by atoms with van der Waals surface area (Å²) in [5.74, 6) is -0.302. The molecular formula is C19H16BrCl2F3N2O3S. The SMILES string of the molecule is O=C(Cc1ccc(C(F)(F)F)cc1Br)N1CCN(S(=O)(=O)c2cc(Cl)cc(Cl)c2)CC1. The summed E-state index contributed by atoms with van der Waals surface area (Å²) >= 11 is 14.9. The molecule has 3 rings (SSSR count). The van der Waals surface area contributed by atoms with Crippen molar-refractivity contribution in [3.05, 3.63) is 62.0 Å². The summed E-state index contributed by atoms with van der Waals surface area (Å²) in [6.45, 7) is 0.466. The molecule has 1 aliphatic rings. The minimum absolute atomic E-state index is 0.0292. The Morgan fingerprint density at radius 2 is 1.58 bits per heavy atom. The Hall–Kier alpha value is -1.33. The summed E-state index contributed by atoms with van der Waals surface area (Å²) < 4.78 is 65.4. The number of carbonyl (C=O) groups excluding carboxylic acids is 1. The molecule has 2 aromatic carbocycles. The quantitative estimate of drug-likeness (QED) is 0.538. The predicted octanol–water partition coefficient (Wildman–Crippen LogP) is 4.85. The minimum atomic E-state index is -4.47. The van der Waals surface area contributed by atoms with Gasteiger partial charge in [-0.3, -0.25) is 4.79 Å². The number of alkyl halides is 3. The van der Waals surface area contributed by atoms with Crippen molar-refractivity contribution in [3.63, 3.8) is 0 Å². The van der Waals surface area contributed by atoms with Crippen LogP contribution in [0.3, 0.4) is 0 Å². The van der Waals surface area contributed by atoms with Gasteiger partial charge in [-0.25, -0.2) is 8.42 Å². The van der Waals surface area contributed by atoms with E-state index in [0.29, 0.717) is 5.56 Å². The number of halogens is 6. The zero-order valence-electron chi connectivity index (χ0n) is 15.8. The molecule has 5 nitrogen and oxygen atoms in total. The summed E-state index contributed by atoms with van der Waals surface area (Å²) in [5.41, 5.74) is -0.392. The van der Waals surface area contributed by atoms with E-state index in [9.17, 15) is 26.4 Å². The van der Waals surface area contributed by atoms with Crippen molar-refractivity contribution in [1.29, 1.82) is 0 Å². The number of hydrogen-bond donors (Lipinski definition) is 0. The molecule has 0 unspecified atom stereocenters. The largest absolute Gasteiger partial charge is 0.416 e. The molecule has 1 saturated heterocycles. The van der Waals surface area contributed by atoms with Gasteiger partial charge in [0.15, 0.2) is 0 Å². The van der Waals surface area contributed by atoms with Crippen LogP contribution >= 0.6 is 39.1 Å². The number of rotatable bonds is 4. The van der Waals surface area contributed by atoms with Crippen LogP contribution in [0.2, 0.25) is 10.0 Å². The number of piperazine rings is 1. The van der Waals surface area contributed by atoms with Gasteiger partial charge in [-0.05, 0) is 35.9 Å². The lowest BCUT2D eigenvalue weighted by Crippen LogP contribution is -2.50. The van der Waals surface area contributed by atoms with Gasteiger partial charge >= 0.3 is 6.18 Å². The molecule has 1 amide bonds. The van der Waals surface area contributed by atoms with Crippen molar-refractivity contribution in [1.82, 2.24) is 9.21 Å². The van der Waals surface area contributed by atoms with E-state index in [2.05, 4.69) is 15.9 Å². The Bertz CT molecular complexity index is 1080. The van der Waals surface area contributed by atoms with Crippen LogP contribution in [0, 0.1) is 0 Å². The number of sulfonamides is 1. The van der Waals surface area contributed by atoms with E-state index in [-0.39, 0.29) is 57.9 Å². The zero-order chi connectivity index (χ0) is 23.0. The molecule has 0 N–H and O–H groups in total. The molecule has 0 radical (unpaired) electrons. The van der Waals surface area contributed by atoms with Gasteiger partial charge in [0.1, 0.15) is 0 Å². The van der Waals surface area contributed by atoms with Gasteiger partial charge < -0.3 is 4.90 Å². The average Bonchev–Trinajstić information content (AvgIpc) is 2.68. The van der Waals surface area contributed by atoms with Crippen molar-refractivity contribution in [2.45, 2.75) is 17.5 Å². The molecule has 1 fully saturated rings. The van der Waals surface area contributed by atoms with Crippen LogP contribution in [0.1, 0.15) is 11.1 Å². The standard InChI is InChI=1S/C19H16BrCl2F3N2O3S/c20-17-8-13(19(23,24)25)2-1-12(17)7-18(28)26-3-5-27(6-4-26)31(29,30)16-10-14(21)9-15(22)11-16/h1-2,8-11H,3-7H2. The van der Waals surface area contributed by atoms with Gasteiger partial charge in [0.2, 0.25) is 15.9 Å². The summed E-state index contributed by atoms with van der Waals surface area (Å²) in [5, 5.41) is 0.393. The van der Waals surface area contributed by atoms with Gasteiger partial charge in [0.25, 0.3) is 0 Å². The Balaban J connectivity index is 1.65. The molecule has 0 saturated carbocycles. The molecule has 0 aliphatic carbocycles. The smallest absolute Gasteiger partial charge is 0.340 e. The van der Waals surface area contributed by atoms with E-state index in [0.717, 1.165) is 12.1 Å². The number of carbonyl (C=O) groups is 1. The van der Waals surface area contributed by atoms with E-state index < -0.39 is 21.8 Å². The molecule has 1 aliphatic heterocycles. The van der Waals surface area contributed by atoms with Crippen LogP contribution in [0.5, 0.6) is 0 Å². The second-order valence-electron chi connectivity index (χ2n) is 6.87. The van der Waals surface area contributed by atoms with E-state index in [1.807, 2.05) is 0 Å². The summed E-state index contributed by atoms with van der Waals surface area (Å²) in [6, 6.07) is 7.16. The summed E-state index contributed by atoms with van der Waals surface area (Å²) in [6.07, 6.45) is -4.57. The third-order valence-electron chi connectivity index (χ3n) is 4.79. The van der Waals surface area contributed by atoms with E-state index in [4.69, 9.17) is 23.2 Å². The maximum absolute atomic E-state index is 12.8. The van der Waals surface area contributed by atoms with Crippen LogP contribution in [0.15, 0.2) is 45.8 Å². The molecule has 12 heteroatoms. The molecular weight excluding hydrogens is 544 g/mol. The third-order valence-corrected chi connectivity index (χ3v) is 7.84. The number of nitrogens with zero attached hydrogens (tertiary/aromatic N) is 2. The van der Waals surface area contributed by atoms with Crippen LogP contribution in [-0.2, 0) is 27.4 Å². The normalized spacial score (nSPS) is 15.9. The van der Waals surface area contributed by atoms with E-state index >= 15 is 0 Å². The predicted molar refractivity (Wildman–Crippen MR) is 115 cm³/mol. The van der Waals surface area contributed by atoms with Crippen LogP contribution in [0.4, 0.5) is 13.2 Å². The Morgan fingerprint density at radius 1 is 1.00 bits per heavy atom. The topological polar surface area (TPSA) is 57.7 Å². The lowest BCUT2D eigenvalue weighted by Gasteiger charge is -2.34. The fraction of sp³-hybridized carbons (Fsp3) is 0.316. The first-order valence-corrected chi connectivity index (χ1v) is 12.0. The van der Waals surface area contributed by atoms with Gasteiger partial charge in [0, 0.05) is 40.7 Å². The molecule has 1 heterocycles. The molecule has 0 aromatic heterocycles. The highest BCUT2D eigenvalue weighted by molar-refractivity contribution is 9.10. The average molecular weight is 560 g/mol. The van der Waals surface area contributed by atoms with Gasteiger partial charge in [-0.1, -0.05) is 45.2 Å². The Kier molecular flexibility index (Phi) is 7.27. The first-order valence-electron chi connectivity index (χ1n) is 8.97. The Morgan fingerprint density at radius 3 is 2.10 bits per heavy atom. The van der Waals surface area contributed by atoms with Crippen molar-refractivity contribution >= 4 is 55.1 Å². The second kappa shape index (κ2) is 9.27. The van der Waals surface area contributed by atoms with Gasteiger partial charge in [-0.2, -0.15) is 17.5 Å². The maximum atomic E-state index is 12.8. The number of benzene rings is 2. The van der Waals surface area contributed by atoms with Crippen LogP contribution in [0.25, 0.3) is 0 Å². The Labute approximate surface area is 195 Å². The fourth-order valence-electron chi connectivity index (χ4n) is 3.15. The van der Waals surface area contributed by atoms with Gasteiger partial charge in [0.05, 0.1) is 16.9 Å². The highest BCUT2D eigenvalue weighted by Crippen LogP contribution is 2.32. The van der Waals surface area contributed by atoms with Gasteiger partial charge in [-0.15, -0.1) is 0 Å². The molecule has 0 spiro atoms. The lowest BCUT2D eigenvalue weighted by atomic mass is 10.1. The molecule has 31 heavy (non-hydrogen) atoms. The second-order valence-corrected chi connectivity index (χ2v) is 10.5. The van der Waals surface area contributed by atoms with Crippen molar-refractivity contribution < 1.29 is 26.4 Å². The maximum Gasteiger partial charge on any atom is 0.416 e.